The summed E-state index contributed by atoms with van der Waals surface area (Å²) in [5.41, 5.74) is 1.30. The normalized spacial score (nSPS) is 15.5. The van der Waals surface area contributed by atoms with Crippen LogP contribution >= 0.6 is 0 Å². The summed E-state index contributed by atoms with van der Waals surface area (Å²) in [4.78, 5) is 19.2. The predicted molar refractivity (Wildman–Crippen MR) is 112 cm³/mol. The van der Waals surface area contributed by atoms with E-state index in [1.807, 2.05) is 42.5 Å². The van der Waals surface area contributed by atoms with Crippen molar-refractivity contribution in [3.8, 4) is 0 Å². The van der Waals surface area contributed by atoms with Crippen molar-refractivity contribution in [1.29, 1.82) is 0 Å². The van der Waals surface area contributed by atoms with Gasteiger partial charge >= 0.3 is 0 Å². The SMILES string of the molecule is O=C(C(Cc1ccccc1)NS(=O)(=O)c1cccc2cccnc12)N1CCCC1. The zero-order chi connectivity index (χ0) is 20.3. The zero-order valence-corrected chi connectivity index (χ0v) is 16.8. The number of benzene rings is 2. The number of hydrogen-bond acceptors (Lipinski definition) is 4. The van der Waals surface area contributed by atoms with E-state index in [0.29, 0.717) is 25.0 Å². The second-order valence-electron chi connectivity index (χ2n) is 7.23. The molecular weight excluding hydrogens is 386 g/mol. The first-order valence-corrected chi connectivity index (χ1v) is 11.2. The van der Waals surface area contributed by atoms with Gasteiger partial charge in [-0.3, -0.25) is 9.78 Å². The molecule has 0 spiro atoms. The van der Waals surface area contributed by atoms with Crippen LogP contribution in [-0.4, -0.2) is 43.3 Å². The molecule has 1 saturated heterocycles. The number of rotatable bonds is 6. The van der Waals surface area contributed by atoms with Gasteiger partial charge in [-0.2, -0.15) is 4.72 Å². The molecule has 150 valence electrons. The minimum atomic E-state index is -3.94. The summed E-state index contributed by atoms with van der Waals surface area (Å²) < 4.78 is 29.2. The highest BCUT2D eigenvalue weighted by Crippen LogP contribution is 2.22. The van der Waals surface area contributed by atoms with Gasteiger partial charge in [0.1, 0.15) is 10.9 Å². The van der Waals surface area contributed by atoms with Gasteiger partial charge in [0, 0.05) is 24.7 Å². The number of para-hydroxylation sites is 1. The Morgan fingerprint density at radius 3 is 2.48 bits per heavy atom. The van der Waals surface area contributed by atoms with Crippen LogP contribution in [0, 0.1) is 0 Å². The molecule has 2 aromatic carbocycles. The number of carbonyl (C=O) groups excluding carboxylic acids is 1. The number of hydrogen-bond donors (Lipinski definition) is 1. The molecule has 1 fully saturated rings. The van der Waals surface area contributed by atoms with Crippen LogP contribution < -0.4 is 4.72 Å². The van der Waals surface area contributed by atoms with Gasteiger partial charge in [-0.05, 0) is 37.0 Å². The van der Waals surface area contributed by atoms with Crippen molar-refractivity contribution in [1.82, 2.24) is 14.6 Å². The van der Waals surface area contributed by atoms with E-state index in [4.69, 9.17) is 0 Å². The molecule has 1 atom stereocenters. The second kappa shape index (κ2) is 8.31. The average Bonchev–Trinajstić information content (AvgIpc) is 3.28. The molecule has 6 nitrogen and oxygen atoms in total. The lowest BCUT2D eigenvalue weighted by atomic mass is 10.1. The Morgan fingerprint density at radius 1 is 1.00 bits per heavy atom. The highest BCUT2D eigenvalue weighted by Gasteiger charge is 2.31. The van der Waals surface area contributed by atoms with Crippen LogP contribution in [0.2, 0.25) is 0 Å². The van der Waals surface area contributed by atoms with Crippen molar-refractivity contribution in [2.24, 2.45) is 0 Å². The van der Waals surface area contributed by atoms with Crippen LogP contribution in [0.3, 0.4) is 0 Å². The van der Waals surface area contributed by atoms with Crippen molar-refractivity contribution in [3.05, 3.63) is 72.4 Å². The van der Waals surface area contributed by atoms with Gasteiger partial charge < -0.3 is 4.90 Å². The zero-order valence-electron chi connectivity index (χ0n) is 16.0. The van der Waals surface area contributed by atoms with E-state index in [1.54, 1.807) is 23.2 Å². The van der Waals surface area contributed by atoms with Crippen LogP contribution in [0.25, 0.3) is 10.9 Å². The van der Waals surface area contributed by atoms with Crippen LogP contribution in [0.5, 0.6) is 0 Å². The molecule has 2 heterocycles. The van der Waals surface area contributed by atoms with E-state index in [-0.39, 0.29) is 10.8 Å². The third-order valence-electron chi connectivity index (χ3n) is 5.18. The lowest BCUT2D eigenvalue weighted by molar-refractivity contribution is -0.131. The summed E-state index contributed by atoms with van der Waals surface area (Å²) in [6.45, 7) is 1.34. The molecule has 0 bridgehead atoms. The molecule has 1 N–H and O–H groups in total. The average molecular weight is 410 g/mol. The molecule has 1 aliphatic heterocycles. The van der Waals surface area contributed by atoms with E-state index in [1.165, 1.54) is 6.07 Å². The maximum absolute atomic E-state index is 13.2. The number of pyridine rings is 1. The highest BCUT2D eigenvalue weighted by molar-refractivity contribution is 7.89. The van der Waals surface area contributed by atoms with Crippen LogP contribution in [0.4, 0.5) is 0 Å². The Hall–Kier alpha value is -2.77. The molecule has 0 saturated carbocycles. The van der Waals surface area contributed by atoms with Crippen LogP contribution in [-0.2, 0) is 21.2 Å². The number of fused-ring (bicyclic) bond motifs is 1. The molecule has 1 unspecified atom stereocenters. The monoisotopic (exact) mass is 409 g/mol. The minimum Gasteiger partial charge on any atom is -0.341 e. The topological polar surface area (TPSA) is 79.4 Å². The van der Waals surface area contributed by atoms with Gasteiger partial charge in [-0.25, -0.2) is 8.42 Å². The first-order chi connectivity index (χ1) is 14.0. The lowest BCUT2D eigenvalue weighted by Gasteiger charge is -2.24. The molecule has 0 radical (unpaired) electrons. The van der Waals surface area contributed by atoms with Crippen molar-refractivity contribution >= 4 is 26.8 Å². The fourth-order valence-electron chi connectivity index (χ4n) is 3.73. The van der Waals surface area contributed by atoms with E-state index < -0.39 is 16.1 Å². The van der Waals surface area contributed by atoms with Gasteiger partial charge in [0.15, 0.2) is 0 Å². The maximum atomic E-state index is 13.2. The first kappa shape index (κ1) is 19.5. The van der Waals surface area contributed by atoms with Gasteiger partial charge in [0.25, 0.3) is 0 Å². The third-order valence-corrected chi connectivity index (χ3v) is 6.68. The fraction of sp³-hybridized carbons (Fsp3) is 0.273. The Balaban J connectivity index is 1.67. The number of nitrogens with zero attached hydrogens (tertiary/aromatic N) is 2. The summed E-state index contributed by atoms with van der Waals surface area (Å²) in [6.07, 6.45) is 3.76. The third kappa shape index (κ3) is 4.31. The Kier molecular flexibility index (Phi) is 5.60. The molecule has 1 amide bonds. The predicted octanol–water partition coefficient (Wildman–Crippen LogP) is 2.75. The molecule has 29 heavy (non-hydrogen) atoms. The molecule has 4 rings (SSSR count). The number of nitrogens with one attached hydrogen (secondary N) is 1. The summed E-state index contributed by atoms with van der Waals surface area (Å²) in [7, 11) is -3.94. The number of amides is 1. The van der Waals surface area contributed by atoms with E-state index >= 15 is 0 Å². The van der Waals surface area contributed by atoms with Gasteiger partial charge in [0.05, 0.1) is 5.52 Å². The molecular formula is C22H23N3O3S. The Morgan fingerprint density at radius 2 is 1.72 bits per heavy atom. The largest absolute Gasteiger partial charge is 0.341 e. The maximum Gasteiger partial charge on any atom is 0.243 e. The summed E-state index contributed by atoms with van der Waals surface area (Å²) in [6, 6.07) is 17.2. The quantitative estimate of drug-likeness (QED) is 0.679. The number of likely N-dealkylation sites (tertiary alicyclic amines) is 1. The minimum absolute atomic E-state index is 0.0860. The summed E-state index contributed by atoms with van der Waals surface area (Å²) in [5, 5.41) is 0.737. The number of sulfonamides is 1. The van der Waals surface area contributed by atoms with Crippen molar-refractivity contribution in [2.75, 3.05) is 13.1 Å². The van der Waals surface area contributed by atoms with E-state index in [2.05, 4.69) is 9.71 Å². The molecule has 1 aliphatic rings. The van der Waals surface area contributed by atoms with Crippen LogP contribution in [0.15, 0.2) is 71.8 Å². The Labute approximate surface area is 170 Å². The van der Waals surface area contributed by atoms with Gasteiger partial charge in [-0.15, -0.1) is 0 Å². The highest BCUT2D eigenvalue weighted by atomic mass is 32.2. The first-order valence-electron chi connectivity index (χ1n) is 9.73. The number of aromatic nitrogens is 1. The van der Waals surface area contributed by atoms with E-state index in [0.717, 1.165) is 23.8 Å². The smallest absolute Gasteiger partial charge is 0.243 e. The molecule has 7 heteroatoms. The Bertz CT molecular complexity index is 1110. The van der Waals surface area contributed by atoms with Crippen molar-refractivity contribution < 1.29 is 13.2 Å². The summed E-state index contributed by atoms with van der Waals surface area (Å²) in [5.74, 6) is -0.178. The summed E-state index contributed by atoms with van der Waals surface area (Å²) >= 11 is 0. The standard InChI is InChI=1S/C22H23N3O3S/c26-22(25-14-4-5-15-25)19(16-17-8-2-1-3-9-17)24-29(27,28)20-12-6-10-18-11-7-13-23-21(18)20/h1-3,6-13,19,24H,4-5,14-16H2. The van der Waals surface area contributed by atoms with Crippen LogP contribution in [0.1, 0.15) is 18.4 Å². The van der Waals surface area contributed by atoms with Gasteiger partial charge in [0.2, 0.25) is 15.9 Å². The lowest BCUT2D eigenvalue weighted by Crippen LogP contribution is -2.48. The van der Waals surface area contributed by atoms with Crippen molar-refractivity contribution in [3.63, 3.8) is 0 Å². The second-order valence-corrected chi connectivity index (χ2v) is 8.91. The fourth-order valence-corrected chi connectivity index (χ4v) is 5.10. The molecule has 3 aromatic rings. The molecule has 1 aromatic heterocycles. The molecule has 0 aliphatic carbocycles. The van der Waals surface area contributed by atoms with Gasteiger partial charge in [-0.1, -0.05) is 48.5 Å². The number of carbonyl (C=O) groups is 1. The van der Waals surface area contributed by atoms with Crippen molar-refractivity contribution in [2.45, 2.75) is 30.2 Å². The van der Waals surface area contributed by atoms with E-state index in [9.17, 15) is 13.2 Å².